The van der Waals surface area contributed by atoms with Crippen molar-refractivity contribution in [1.29, 1.82) is 0 Å². The number of ether oxygens (including phenoxy) is 1. The van der Waals surface area contributed by atoms with E-state index in [4.69, 9.17) is 9.72 Å². The summed E-state index contributed by atoms with van der Waals surface area (Å²) in [6.45, 7) is 6.23. The molecule has 0 unspecified atom stereocenters. The molecule has 0 saturated carbocycles. The molecule has 4 rings (SSSR count). The summed E-state index contributed by atoms with van der Waals surface area (Å²) < 4.78 is 6.47. The van der Waals surface area contributed by atoms with Crippen LogP contribution >= 0.6 is 15.9 Å². The van der Waals surface area contributed by atoms with Crippen molar-refractivity contribution < 1.29 is 4.74 Å². The molecule has 0 spiro atoms. The van der Waals surface area contributed by atoms with E-state index in [1.165, 1.54) is 11.3 Å². The summed E-state index contributed by atoms with van der Waals surface area (Å²) >= 11 is 3.55. The first-order valence-corrected chi connectivity index (χ1v) is 12.0. The maximum Gasteiger partial charge on any atom is 0.229 e. The van der Waals surface area contributed by atoms with Gasteiger partial charge in [-0.2, -0.15) is 4.98 Å². The van der Waals surface area contributed by atoms with E-state index in [-0.39, 0.29) is 0 Å². The molecule has 2 aromatic heterocycles. The lowest BCUT2D eigenvalue weighted by molar-refractivity contribution is 0.312. The summed E-state index contributed by atoms with van der Waals surface area (Å²) in [7, 11) is 7.75. The molecule has 0 bridgehead atoms. The zero-order valence-electron chi connectivity index (χ0n) is 20.3. The average molecular weight is 527 g/mol. The van der Waals surface area contributed by atoms with Gasteiger partial charge in [0.2, 0.25) is 5.95 Å². The van der Waals surface area contributed by atoms with Crippen LogP contribution in [-0.2, 0) is 0 Å². The molecule has 0 aliphatic carbocycles. The Balaban J connectivity index is 1.59. The third kappa shape index (κ3) is 5.34. The summed E-state index contributed by atoms with van der Waals surface area (Å²) in [5.41, 5.74) is 4.04. The van der Waals surface area contributed by atoms with E-state index in [1.807, 2.05) is 31.1 Å². The highest BCUT2D eigenvalue weighted by Gasteiger charge is 2.19. The quantitative estimate of drug-likeness (QED) is 0.469. The van der Waals surface area contributed by atoms with Crippen molar-refractivity contribution in [3.63, 3.8) is 0 Å². The van der Waals surface area contributed by atoms with Crippen LogP contribution in [-0.4, -0.2) is 74.3 Å². The normalized spacial score (nSPS) is 14.1. The third-order valence-corrected chi connectivity index (χ3v) is 6.40. The highest BCUT2D eigenvalue weighted by Crippen LogP contribution is 2.36. The molecule has 0 atom stereocenters. The van der Waals surface area contributed by atoms with Gasteiger partial charge in [0.1, 0.15) is 11.6 Å². The van der Waals surface area contributed by atoms with Crippen LogP contribution in [0.3, 0.4) is 0 Å². The van der Waals surface area contributed by atoms with Crippen molar-refractivity contribution >= 4 is 50.6 Å². The zero-order valence-corrected chi connectivity index (χ0v) is 21.8. The van der Waals surface area contributed by atoms with Gasteiger partial charge in [0.05, 0.1) is 23.0 Å². The summed E-state index contributed by atoms with van der Waals surface area (Å²) in [5, 5.41) is 6.69. The van der Waals surface area contributed by atoms with E-state index in [0.717, 1.165) is 53.6 Å². The van der Waals surface area contributed by atoms with E-state index >= 15 is 0 Å². The summed E-state index contributed by atoms with van der Waals surface area (Å²) in [6.07, 6.45) is 3.49. The number of methoxy groups -OCH3 is 1. The number of hydrogen-bond donors (Lipinski definition) is 2. The minimum Gasteiger partial charge on any atom is -0.494 e. The molecule has 1 saturated heterocycles. The molecule has 3 aromatic rings. The lowest BCUT2D eigenvalue weighted by atomic mass is 10.1. The standard InChI is InChI=1S/C24H31BrN8O/c1-16-13-19(21(34-5)14-20(16)33-11-9-32(4)10-12-33)29-24-27-15-17(25)22(30-24)28-18-7-6-8-26-23(18)31(2)3/h6-8,13-15H,9-12H2,1-5H3,(H2,27,28,29,30). The number of nitrogens with zero attached hydrogens (tertiary/aromatic N) is 6. The van der Waals surface area contributed by atoms with Gasteiger partial charge in [-0.15, -0.1) is 0 Å². The Morgan fingerprint density at radius 1 is 1.06 bits per heavy atom. The number of benzene rings is 1. The van der Waals surface area contributed by atoms with Gasteiger partial charge < -0.3 is 30.1 Å². The largest absolute Gasteiger partial charge is 0.494 e. The highest BCUT2D eigenvalue weighted by atomic mass is 79.9. The molecule has 10 heteroatoms. The van der Waals surface area contributed by atoms with E-state index in [0.29, 0.717) is 11.8 Å². The number of halogens is 1. The summed E-state index contributed by atoms with van der Waals surface area (Å²) in [6, 6.07) is 8.04. The topological polar surface area (TPSA) is 81.7 Å². The predicted molar refractivity (Wildman–Crippen MR) is 142 cm³/mol. The maximum atomic E-state index is 5.72. The minimum atomic E-state index is 0.464. The number of pyridine rings is 1. The Bertz CT molecular complexity index is 1150. The van der Waals surface area contributed by atoms with Gasteiger partial charge >= 0.3 is 0 Å². The summed E-state index contributed by atoms with van der Waals surface area (Å²) in [4.78, 5) is 20.3. The molecule has 0 radical (unpaired) electrons. The molecule has 0 amide bonds. The SMILES string of the molecule is COc1cc(N2CCN(C)CC2)c(C)cc1Nc1ncc(Br)c(Nc2cccnc2N(C)C)n1. The van der Waals surface area contributed by atoms with Crippen LogP contribution in [0.5, 0.6) is 5.75 Å². The molecular weight excluding hydrogens is 496 g/mol. The second-order valence-electron chi connectivity index (χ2n) is 8.54. The van der Waals surface area contributed by atoms with Crippen molar-refractivity contribution in [1.82, 2.24) is 19.9 Å². The molecule has 1 fully saturated rings. The Labute approximate surface area is 209 Å². The Morgan fingerprint density at radius 3 is 2.53 bits per heavy atom. The van der Waals surface area contributed by atoms with Crippen LogP contribution < -0.4 is 25.2 Å². The molecule has 180 valence electrons. The van der Waals surface area contributed by atoms with Crippen molar-refractivity contribution in [3.05, 3.63) is 46.7 Å². The van der Waals surface area contributed by atoms with Crippen LogP contribution in [0.2, 0.25) is 0 Å². The lowest BCUT2D eigenvalue weighted by Gasteiger charge is -2.35. The number of likely N-dealkylation sites (N-methyl/N-ethyl adjacent to an activating group) is 1. The first kappa shape index (κ1) is 24.0. The number of anilines is 6. The van der Waals surface area contributed by atoms with E-state index in [2.05, 4.69) is 72.4 Å². The van der Waals surface area contributed by atoms with E-state index in [9.17, 15) is 0 Å². The van der Waals surface area contributed by atoms with E-state index in [1.54, 1.807) is 19.5 Å². The minimum absolute atomic E-state index is 0.464. The molecule has 9 nitrogen and oxygen atoms in total. The van der Waals surface area contributed by atoms with Gasteiger partial charge in [0, 0.05) is 64.4 Å². The first-order valence-electron chi connectivity index (χ1n) is 11.2. The van der Waals surface area contributed by atoms with Crippen molar-refractivity contribution in [2.24, 2.45) is 0 Å². The number of aromatic nitrogens is 3. The fraction of sp³-hybridized carbons (Fsp3) is 0.375. The number of hydrogen-bond acceptors (Lipinski definition) is 9. The molecule has 3 heterocycles. The fourth-order valence-corrected chi connectivity index (χ4v) is 4.24. The molecular formula is C24H31BrN8O. The lowest BCUT2D eigenvalue weighted by Crippen LogP contribution is -2.44. The second-order valence-corrected chi connectivity index (χ2v) is 9.39. The summed E-state index contributed by atoms with van der Waals surface area (Å²) in [5.74, 6) is 2.67. The number of aryl methyl sites for hydroxylation is 1. The molecule has 1 aromatic carbocycles. The van der Waals surface area contributed by atoms with Crippen molar-refractivity contribution in [2.75, 3.05) is 74.9 Å². The zero-order chi connectivity index (χ0) is 24.2. The molecule has 1 aliphatic rings. The molecule has 1 aliphatic heterocycles. The van der Waals surface area contributed by atoms with Crippen molar-refractivity contribution in [3.8, 4) is 5.75 Å². The monoisotopic (exact) mass is 526 g/mol. The van der Waals surface area contributed by atoms with Gasteiger partial charge in [0.15, 0.2) is 5.82 Å². The average Bonchev–Trinajstić information content (AvgIpc) is 2.82. The van der Waals surface area contributed by atoms with Gasteiger partial charge in [-0.1, -0.05) is 0 Å². The second kappa shape index (κ2) is 10.4. The Kier molecular flexibility index (Phi) is 7.38. The van der Waals surface area contributed by atoms with Gasteiger partial charge in [-0.25, -0.2) is 9.97 Å². The van der Waals surface area contributed by atoms with Crippen LogP contribution in [0.4, 0.5) is 34.6 Å². The van der Waals surface area contributed by atoms with Gasteiger partial charge in [-0.3, -0.25) is 0 Å². The molecule has 2 N–H and O–H groups in total. The molecule has 34 heavy (non-hydrogen) atoms. The van der Waals surface area contributed by atoms with Crippen LogP contribution in [0.25, 0.3) is 0 Å². The Morgan fingerprint density at radius 2 is 1.82 bits per heavy atom. The highest BCUT2D eigenvalue weighted by molar-refractivity contribution is 9.10. The van der Waals surface area contributed by atoms with Crippen LogP contribution in [0.15, 0.2) is 41.1 Å². The maximum absolute atomic E-state index is 5.72. The third-order valence-electron chi connectivity index (χ3n) is 5.82. The Hall–Kier alpha value is -3.11. The first-order chi connectivity index (χ1) is 16.4. The van der Waals surface area contributed by atoms with Crippen LogP contribution in [0, 0.1) is 6.92 Å². The number of nitrogens with one attached hydrogen (secondary N) is 2. The van der Waals surface area contributed by atoms with Gasteiger partial charge in [-0.05, 0) is 53.7 Å². The number of rotatable bonds is 7. The van der Waals surface area contributed by atoms with Crippen molar-refractivity contribution in [2.45, 2.75) is 6.92 Å². The predicted octanol–water partition coefficient (Wildman–Crippen LogP) is 4.26. The number of piperazine rings is 1. The van der Waals surface area contributed by atoms with Crippen LogP contribution in [0.1, 0.15) is 5.56 Å². The van der Waals surface area contributed by atoms with E-state index < -0.39 is 0 Å². The van der Waals surface area contributed by atoms with Gasteiger partial charge in [0.25, 0.3) is 0 Å². The smallest absolute Gasteiger partial charge is 0.229 e. The fourth-order valence-electron chi connectivity index (χ4n) is 3.95.